The van der Waals surface area contributed by atoms with Crippen molar-refractivity contribution < 1.29 is 18.9 Å². The fourth-order valence-electron chi connectivity index (χ4n) is 3.12. The summed E-state index contributed by atoms with van der Waals surface area (Å²) >= 11 is 0. The average molecular weight is 264 g/mol. The molecule has 2 saturated carbocycles. The van der Waals surface area contributed by atoms with Crippen LogP contribution in [0.4, 0.5) is 0 Å². The number of hydrogen-bond acceptors (Lipinski definition) is 4. The van der Waals surface area contributed by atoms with Crippen molar-refractivity contribution in [1.29, 1.82) is 0 Å². The molecule has 2 saturated heterocycles. The third kappa shape index (κ3) is 1.67. The Balaban J connectivity index is 1.37. The highest BCUT2D eigenvalue weighted by molar-refractivity contribution is 5.11. The quantitative estimate of drug-likeness (QED) is 0.714. The molecule has 0 aromatic rings. The Kier molecular flexibility index (Phi) is 2.35. The number of rotatable bonds is 2. The molecule has 2 atom stereocenters. The predicted molar refractivity (Wildman–Crippen MR) is 68.3 cm³/mol. The van der Waals surface area contributed by atoms with Crippen molar-refractivity contribution in [3.05, 3.63) is 25.3 Å². The summed E-state index contributed by atoms with van der Waals surface area (Å²) in [6.07, 6.45) is 5.69. The molecule has 19 heavy (non-hydrogen) atoms. The lowest BCUT2D eigenvalue weighted by atomic mass is 9.90. The molecule has 0 aromatic carbocycles. The van der Waals surface area contributed by atoms with E-state index < -0.39 is 0 Å². The standard InChI is InChI=1S/C15H20O4/c1-3-11-5-14(11)16-7-13(8-17-14)9-18-15(19-10-13)6-12(15)4-2/h3-4,11-12H,1-2,5-10H2. The third-order valence-electron chi connectivity index (χ3n) is 4.88. The molecule has 0 bridgehead atoms. The van der Waals surface area contributed by atoms with Crippen molar-refractivity contribution in [2.45, 2.75) is 24.4 Å². The van der Waals surface area contributed by atoms with E-state index in [1.165, 1.54) is 0 Å². The van der Waals surface area contributed by atoms with Gasteiger partial charge in [-0.25, -0.2) is 0 Å². The van der Waals surface area contributed by atoms with Crippen LogP contribution in [-0.2, 0) is 18.9 Å². The fourth-order valence-corrected chi connectivity index (χ4v) is 3.12. The van der Waals surface area contributed by atoms with Crippen LogP contribution in [0.2, 0.25) is 0 Å². The molecule has 4 nitrogen and oxygen atoms in total. The number of ether oxygens (including phenoxy) is 4. The molecule has 2 heterocycles. The third-order valence-corrected chi connectivity index (χ3v) is 4.88. The van der Waals surface area contributed by atoms with Gasteiger partial charge in [0.1, 0.15) is 0 Å². The van der Waals surface area contributed by atoms with Crippen LogP contribution in [0, 0.1) is 17.3 Å². The van der Waals surface area contributed by atoms with Gasteiger partial charge in [-0.2, -0.15) is 0 Å². The minimum Gasteiger partial charge on any atom is -0.348 e. The molecule has 4 aliphatic rings. The van der Waals surface area contributed by atoms with Crippen LogP contribution >= 0.6 is 0 Å². The van der Waals surface area contributed by atoms with Crippen LogP contribution in [0.3, 0.4) is 0 Å². The van der Waals surface area contributed by atoms with Gasteiger partial charge in [0, 0.05) is 24.7 Å². The van der Waals surface area contributed by atoms with Gasteiger partial charge in [0.15, 0.2) is 11.6 Å². The average Bonchev–Trinajstić information content (AvgIpc) is 3.34. The van der Waals surface area contributed by atoms with Crippen LogP contribution < -0.4 is 0 Å². The molecule has 2 aliphatic heterocycles. The van der Waals surface area contributed by atoms with E-state index in [1.54, 1.807) is 0 Å². The zero-order chi connectivity index (χ0) is 13.1. The first-order valence-electron chi connectivity index (χ1n) is 6.97. The summed E-state index contributed by atoms with van der Waals surface area (Å²) in [6.45, 7) is 10.2. The first-order valence-corrected chi connectivity index (χ1v) is 6.97. The molecule has 3 spiro atoms. The molecule has 0 radical (unpaired) electrons. The molecule has 0 amide bonds. The second-order valence-electron chi connectivity index (χ2n) is 6.37. The highest BCUT2D eigenvalue weighted by Crippen LogP contribution is 2.56. The molecule has 2 aliphatic carbocycles. The maximum atomic E-state index is 5.94. The van der Waals surface area contributed by atoms with Crippen LogP contribution in [0.1, 0.15) is 12.8 Å². The molecular weight excluding hydrogens is 244 g/mol. The first kappa shape index (κ1) is 12.1. The van der Waals surface area contributed by atoms with E-state index >= 15 is 0 Å². The zero-order valence-electron chi connectivity index (χ0n) is 11.1. The van der Waals surface area contributed by atoms with Gasteiger partial charge in [-0.3, -0.25) is 0 Å². The highest BCUT2D eigenvalue weighted by Gasteiger charge is 2.64. The van der Waals surface area contributed by atoms with Crippen molar-refractivity contribution in [2.75, 3.05) is 26.4 Å². The monoisotopic (exact) mass is 264 g/mol. The van der Waals surface area contributed by atoms with Crippen molar-refractivity contribution in [1.82, 2.24) is 0 Å². The minimum atomic E-state index is -0.384. The van der Waals surface area contributed by atoms with E-state index in [1.807, 2.05) is 12.2 Å². The summed E-state index contributed by atoms with van der Waals surface area (Å²) in [4.78, 5) is 0. The van der Waals surface area contributed by atoms with E-state index in [2.05, 4.69) is 13.2 Å². The predicted octanol–water partition coefficient (Wildman–Crippen LogP) is 1.87. The molecule has 4 heteroatoms. The second kappa shape index (κ2) is 3.70. The minimum absolute atomic E-state index is 0.140. The lowest BCUT2D eigenvalue weighted by molar-refractivity contribution is -0.325. The molecule has 104 valence electrons. The Morgan fingerprint density at radius 3 is 1.37 bits per heavy atom. The van der Waals surface area contributed by atoms with Gasteiger partial charge in [0.2, 0.25) is 0 Å². The van der Waals surface area contributed by atoms with Crippen molar-refractivity contribution in [3.63, 3.8) is 0 Å². The summed E-state index contributed by atoms with van der Waals surface area (Å²) in [6, 6.07) is 0. The molecule has 2 unspecified atom stereocenters. The van der Waals surface area contributed by atoms with E-state index in [9.17, 15) is 0 Å². The normalized spacial score (nSPS) is 55.4. The lowest BCUT2D eigenvalue weighted by Gasteiger charge is -2.44. The van der Waals surface area contributed by atoms with Crippen LogP contribution in [0.25, 0.3) is 0 Å². The summed E-state index contributed by atoms with van der Waals surface area (Å²) in [7, 11) is 0. The van der Waals surface area contributed by atoms with Crippen LogP contribution in [0.15, 0.2) is 25.3 Å². The summed E-state index contributed by atoms with van der Waals surface area (Å²) < 4.78 is 23.8. The maximum absolute atomic E-state index is 5.94. The Morgan fingerprint density at radius 2 is 1.11 bits per heavy atom. The Labute approximate surface area is 113 Å². The lowest BCUT2D eigenvalue weighted by Crippen LogP contribution is -2.54. The van der Waals surface area contributed by atoms with Gasteiger partial charge >= 0.3 is 0 Å². The maximum Gasteiger partial charge on any atom is 0.175 e. The Bertz CT molecular complexity index is 370. The summed E-state index contributed by atoms with van der Waals surface area (Å²) in [5.41, 5.74) is -0.140. The first-order chi connectivity index (χ1) is 9.16. The van der Waals surface area contributed by atoms with E-state index in [4.69, 9.17) is 18.9 Å². The van der Waals surface area contributed by atoms with Gasteiger partial charge in [-0.05, 0) is 0 Å². The van der Waals surface area contributed by atoms with Crippen LogP contribution in [-0.4, -0.2) is 38.0 Å². The Hall–Kier alpha value is -0.680. The molecule has 4 fully saturated rings. The van der Waals surface area contributed by atoms with Crippen molar-refractivity contribution in [3.8, 4) is 0 Å². The highest BCUT2D eigenvalue weighted by atomic mass is 16.7. The summed E-state index contributed by atoms with van der Waals surface area (Å²) in [5.74, 6) is -0.0816. The van der Waals surface area contributed by atoms with Gasteiger partial charge < -0.3 is 18.9 Å². The Morgan fingerprint density at radius 1 is 0.737 bits per heavy atom. The van der Waals surface area contributed by atoms with Gasteiger partial charge in [0.05, 0.1) is 31.8 Å². The fraction of sp³-hybridized carbons (Fsp3) is 0.733. The van der Waals surface area contributed by atoms with Gasteiger partial charge in [-0.1, -0.05) is 12.2 Å². The number of hydrogen-bond donors (Lipinski definition) is 0. The molecular formula is C15H20O4. The summed E-state index contributed by atoms with van der Waals surface area (Å²) in [5, 5.41) is 0. The van der Waals surface area contributed by atoms with Crippen molar-refractivity contribution >= 4 is 0 Å². The largest absolute Gasteiger partial charge is 0.348 e. The van der Waals surface area contributed by atoms with Crippen molar-refractivity contribution in [2.24, 2.45) is 17.3 Å². The molecule has 4 rings (SSSR count). The molecule has 0 N–H and O–H groups in total. The molecule has 0 aromatic heterocycles. The van der Waals surface area contributed by atoms with Crippen LogP contribution in [0.5, 0.6) is 0 Å². The van der Waals surface area contributed by atoms with E-state index in [0.29, 0.717) is 38.3 Å². The SMILES string of the molecule is C=CC1CC12OCC1(CO2)COC2(CC2C=C)OC1. The smallest absolute Gasteiger partial charge is 0.175 e. The zero-order valence-corrected chi connectivity index (χ0v) is 11.1. The van der Waals surface area contributed by atoms with E-state index in [-0.39, 0.29) is 17.0 Å². The van der Waals surface area contributed by atoms with Gasteiger partial charge in [-0.15, -0.1) is 13.2 Å². The van der Waals surface area contributed by atoms with Gasteiger partial charge in [0.25, 0.3) is 0 Å². The topological polar surface area (TPSA) is 36.9 Å². The van der Waals surface area contributed by atoms with E-state index in [0.717, 1.165) is 12.8 Å². The second-order valence-corrected chi connectivity index (χ2v) is 6.37.